The lowest BCUT2D eigenvalue weighted by Gasteiger charge is -2.43. The van der Waals surface area contributed by atoms with Crippen molar-refractivity contribution in [2.75, 3.05) is 4.90 Å². The lowest BCUT2D eigenvalue weighted by Crippen LogP contribution is -2.37. The van der Waals surface area contributed by atoms with Crippen LogP contribution in [0, 0.1) is 11.8 Å². The maximum absolute atomic E-state index is 2.72. The number of hydrogen-bond donors (Lipinski definition) is 0. The summed E-state index contributed by atoms with van der Waals surface area (Å²) in [5, 5.41) is 1.89. The Morgan fingerprint density at radius 1 is 0.676 bits per heavy atom. The fourth-order valence-corrected chi connectivity index (χ4v) is 19.1. The molecule has 0 spiro atoms. The standard InChI is InChI=1S/C67H64INS2/c68-49-19-11-14-46(42-49)43-28-34-50(35-29-43)69(51-36-30-44(31-37-51)53-22-12-24-56-55-20-8-10-27-62(55)70-64(53)56)52-38-32-45(33-39-52)54-23-13-25-57-58-40-41-61-63(66(58)71-65(54)57)59-21-7-9-26-60(59)67(61,47-15-3-1-4-16-47)48-17-5-2-6-18-48/h1-3,5,7-9,13,15,17,20-21,23-26,28-32,34,36-38,40-41,46,49-50,57,59-60,65H,4,6,10-12,14,16,18-19,22,27,33,35,39,42H2. The zero-order chi connectivity index (χ0) is 47.0. The largest absolute Gasteiger partial charge is 0.338 e. The molecular weight excluding hydrogens is 1010 g/mol. The number of anilines is 1. The van der Waals surface area contributed by atoms with Gasteiger partial charge in [-0.15, -0.1) is 23.1 Å². The van der Waals surface area contributed by atoms with Gasteiger partial charge in [-0.25, -0.2) is 0 Å². The molecule has 4 heteroatoms. The normalized spacial score (nSPS) is 29.3. The smallest absolute Gasteiger partial charge is 0.0556 e. The van der Waals surface area contributed by atoms with E-state index < -0.39 is 0 Å². The quantitative estimate of drug-likeness (QED) is 0.163. The number of thioether (sulfide) groups is 1. The second-order valence-corrected chi connectivity index (χ2v) is 25.9. The van der Waals surface area contributed by atoms with Crippen molar-refractivity contribution in [1.82, 2.24) is 0 Å². The monoisotopic (exact) mass is 1070 g/mol. The van der Waals surface area contributed by atoms with Crippen molar-refractivity contribution in [2.24, 2.45) is 11.8 Å². The van der Waals surface area contributed by atoms with Gasteiger partial charge in [-0.1, -0.05) is 186 Å². The summed E-state index contributed by atoms with van der Waals surface area (Å²) in [5.74, 6) is 1.89. The first-order chi connectivity index (χ1) is 35.1. The number of fused-ring (bicyclic) bond motifs is 10. The van der Waals surface area contributed by atoms with Crippen LogP contribution in [0.4, 0.5) is 5.69 Å². The van der Waals surface area contributed by atoms with E-state index in [1.807, 2.05) is 0 Å². The van der Waals surface area contributed by atoms with Gasteiger partial charge in [-0.05, 0) is 169 Å². The van der Waals surface area contributed by atoms with Gasteiger partial charge in [0.1, 0.15) is 0 Å². The summed E-state index contributed by atoms with van der Waals surface area (Å²) >= 11 is 6.95. The molecule has 0 radical (unpaired) electrons. The van der Waals surface area contributed by atoms with Crippen molar-refractivity contribution >= 4 is 69.1 Å². The van der Waals surface area contributed by atoms with Gasteiger partial charge in [0.25, 0.3) is 0 Å². The Kier molecular flexibility index (Phi) is 11.9. The van der Waals surface area contributed by atoms with Gasteiger partial charge in [0.05, 0.1) is 6.04 Å². The summed E-state index contributed by atoms with van der Waals surface area (Å²) in [6.45, 7) is 0. The third-order valence-corrected chi connectivity index (χ3v) is 22.2. The molecule has 2 aromatic carbocycles. The van der Waals surface area contributed by atoms with Crippen LogP contribution in [0.2, 0.25) is 0 Å². The number of benzene rings is 2. The van der Waals surface area contributed by atoms with E-state index in [2.05, 4.69) is 215 Å². The molecule has 356 valence electrons. The minimum atomic E-state index is -0.0919. The number of rotatable bonds is 8. The van der Waals surface area contributed by atoms with Crippen LogP contribution in [-0.4, -0.2) is 15.2 Å². The maximum atomic E-state index is 2.72. The second-order valence-electron chi connectivity index (χ2n) is 21.9. The van der Waals surface area contributed by atoms with Crippen molar-refractivity contribution in [3.05, 3.63) is 228 Å². The van der Waals surface area contributed by atoms with Crippen LogP contribution in [0.1, 0.15) is 134 Å². The molecule has 0 N–H and O–H groups in total. The fourth-order valence-electron chi connectivity index (χ4n) is 15.0. The molecule has 10 aliphatic carbocycles. The van der Waals surface area contributed by atoms with Gasteiger partial charge in [-0.2, -0.15) is 0 Å². The van der Waals surface area contributed by atoms with Crippen LogP contribution in [0.5, 0.6) is 0 Å². The summed E-state index contributed by atoms with van der Waals surface area (Å²) in [4.78, 5) is 5.86. The highest BCUT2D eigenvalue weighted by Gasteiger charge is 2.56. The molecule has 71 heavy (non-hydrogen) atoms. The maximum Gasteiger partial charge on any atom is 0.0556 e. The highest BCUT2D eigenvalue weighted by Crippen LogP contribution is 2.66. The highest BCUT2D eigenvalue weighted by atomic mass is 127. The molecule has 2 heterocycles. The Hall–Kier alpha value is -4.62. The molecule has 0 saturated heterocycles. The van der Waals surface area contributed by atoms with E-state index in [0.717, 1.165) is 61.7 Å². The van der Waals surface area contributed by atoms with Crippen LogP contribution < -0.4 is 14.7 Å². The van der Waals surface area contributed by atoms with Crippen molar-refractivity contribution < 1.29 is 0 Å². The summed E-state index contributed by atoms with van der Waals surface area (Å²) in [6.07, 6.45) is 69.3. The number of allylic oxidation sites excluding steroid dienone is 22. The molecule has 3 aromatic rings. The van der Waals surface area contributed by atoms with Gasteiger partial charge < -0.3 is 4.90 Å². The van der Waals surface area contributed by atoms with E-state index in [4.69, 9.17) is 0 Å². The van der Waals surface area contributed by atoms with Crippen LogP contribution in [0.3, 0.4) is 0 Å². The summed E-state index contributed by atoms with van der Waals surface area (Å²) < 4.78 is 2.32. The average molecular weight is 1070 g/mol. The van der Waals surface area contributed by atoms with E-state index in [-0.39, 0.29) is 5.41 Å². The van der Waals surface area contributed by atoms with Crippen molar-refractivity contribution in [2.45, 2.75) is 134 Å². The number of alkyl halides is 1. The first kappa shape index (κ1) is 45.0. The van der Waals surface area contributed by atoms with Crippen LogP contribution >= 0.6 is 45.7 Å². The third-order valence-electron chi connectivity index (χ3n) is 18.2. The van der Waals surface area contributed by atoms with Gasteiger partial charge in [0, 0.05) is 58.0 Å². The van der Waals surface area contributed by atoms with Crippen LogP contribution in [0.15, 0.2) is 190 Å². The zero-order valence-corrected chi connectivity index (χ0v) is 44.7. The lowest BCUT2D eigenvalue weighted by atomic mass is 9.59. The molecule has 0 bridgehead atoms. The van der Waals surface area contributed by atoms with E-state index >= 15 is 0 Å². The Bertz CT molecular complexity index is 3240. The number of halogens is 1. The Balaban J connectivity index is 0.796. The van der Waals surface area contributed by atoms with E-state index in [1.165, 1.54) is 81.9 Å². The van der Waals surface area contributed by atoms with Crippen LogP contribution in [0.25, 0.3) is 17.7 Å². The minimum Gasteiger partial charge on any atom is -0.338 e. The SMILES string of the molecule is IC1CCCC(C2=CCC(N(C3=CC=C(C4=CC=CC5c6ccc7c(c6SC45)C4C=CC=CC4C7(C4=CC=CCC4)C4=CC=CCC4)CC3)c3ccc(C4=c5sc6c(c5=CCC4)C=CCC6)cc3)C=C2)C1. The molecule has 1 saturated carbocycles. The molecule has 1 fully saturated rings. The summed E-state index contributed by atoms with van der Waals surface area (Å²) in [7, 11) is 0. The molecule has 1 aliphatic heterocycles. The van der Waals surface area contributed by atoms with E-state index in [9.17, 15) is 0 Å². The van der Waals surface area contributed by atoms with Gasteiger partial charge >= 0.3 is 0 Å². The van der Waals surface area contributed by atoms with Crippen molar-refractivity contribution in [3.63, 3.8) is 0 Å². The predicted molar refractivity (Wildman–Crippen MR) is 312 cm³/mol. The lowest BCUT2D eigenvalue weighted by molar-refractivity contribution is 0.416. The first-order valence-corrected chi connectivity index (χ1v) is 30.2. The van der Waals surface area contributed by atoms with Gasteiger partial charge in [-0.3, -0.25) is 0 Å². The average Bonchev–Trinajstić information content (AvgIpc) is 4.11. The number of aryl methyl sites for hydroxylation is 1. The van der Waals surface area contributed by atoms with Gasteiger partial charge in [0.15, 0.2) is 0 Å². The van der Waals surface area contributed by atoms with E-state index in [0.29, 0.717) is 35.0 Å². The van der Waals surface area contributed by atoms with Crippen molar-refractivity contribution in [3.8, 4) is 0 Å². The summed E-state index contributed by atoms with van der Waals surface area (Å²) in [6, 6.07) is 15.3. The molecule has 0 amide bonds. The van der Waals surface area contributed by atoms with Gasteiger partial charge in [0.2, 0.25) is 0 Å². The Morgan fingerprint density at radius 2 is 1.51 bits per heavy atom. The fraction of sp³-hybridized carbons (Fsp3) is 0.343. The molecular formula is C67H64INS2. The number of hydrogen-bond acceptors (Lipinski definition) is 3. The first-order valence-electron chi connectivity index (χ1n) is 27.2. The molecule has 14 rings (SSSR count). The summed E-state index contributed by atoms with van der Waals surface area (Å²) in [5.41, 5.74) is 19.7. The minimum absolute atomic E-state index is 0.0919. The Morgan fingerprint density at radius 3 is 2.28 bits per heavy atom. The highest BCUT2D eigenvalue weighted by molar-refractivity contribution is 14.1. The van der Waals surface area contributed by atoms with E-state index in [1.54, 1.807) is 48.8 Å². The number of thiophene rings is 1. The predicted octanol–water partition coefficient (Wildman–Crippen LogP) is 16.5. The van der Waals surface area contributed by atoms with Crippen LogP contribution in [-0.2, 0) is 11.8 Å². The molecule has 7 atom stereocenters. The molecule has 11 aliphatic rings. The Labute approximate surface area is 444 Å². The molecule has 1 aromatic heterocycles. The molecule has 7 unspecified atom stereocenters. The number of nitrogens with zero attached hydrogens (tertiary/aromatic N) is 1. The van der Waals surface area contributed by atoms with Crippen molar-refractivity contribution in [1.29, 1.82) is 0 Å². The topological polar surface area (TPSA) is 3.24 Å². The third kappa shape index (κ3) is 7.56. The zero-order valence-electron chi connectivity index (χ0n) is 40.9. The molecule has 1 nitrogen and oxygen atoms in total. The second kappa shape index (κ2) is 18.7.